The summed E-state index contributed by atoms with van der Waals surface area (Å²) in [7, 11) is 0. The topological polar surface area (TPSA) is 35.2 Å². The first-order valence-corrected chi connectivity index (χ1v) is 4.71. The van der Waals surface area contributed by atoms with E-state index in [0.29, 0.717) is 0 Å². The van der Waals surface area contributed by atoms with Gasteiger partial charge < -0.3 is 10.5 Å². The number of ether oxygens (including phenoxy) is 1. The number of nitrogens with two attached hydrogens (primary N) is 1. The third-order valence-corrected chi connectivity index (χ3v) is 2.67. The van der Waals surface area contributed by atoms with Gasteiger partial charge in [-0.1, -0.05) is 18.2 Å². The fraction of sp³-hybridized carbons (Fsp3) is 0.455. The van der Waals surface area contributed by atoms with Crippen molar-refractivity contribution >= 4 is 12.4 Å². The first-order chi connectivity index (χ1) is 6.29. The second kappa shape index (κ2) is 4.78. The van der Waals surface area contributed by atoms with Gasteiger partial charge in [-0.15, -0.1) is 12.4 Å². The molecule has 78 valence electrons. The van der Waals surface area contributed by atoms with Crippen LogP contribution in [0.5, 0.6) is 0 Å². The molecule has 1 heterocycles. The Hall–Kier alpha value is -0.570. The molecule has 3 heteroatoms. The maximum absolute atomic E-state index is 6.04. The van der Waals surface area contributed by atoms with Crippen LogP contribution in [0.3, 0.4) is 0 Å². The van der Waals surface area contributed by atoms with E-state index in [1.165, 1.54) is 16.7 Å². The van der Waals surface area contributed by atoms with E-state index in [4.69, 9.17) is 10.5 Å². The molecule has 1 unspecified atom stereocenters. The Kier molecular flexibility index (Phi) is 3.93. The zero-order chi connectivity index (χ0) is 9.26. The van der Waals surface area contributed by atoms with Crippen molar-refractivity contribution in [1.29, 1.82) is 0 Å². The summed E-state index contributed by atoms with van der Waals surface area (Å²) in [5.74, 6) is 0. The minimum atomic E-state index is 0. The van der Waals surface area contributed by atoms with Crippen molar-refractivity contribution < 1.29 is 4.74 Å². The lowest BCUT2D eigenvalue weighted by atomic mass is 9.97. The van der Waals surface area contributed by atoms with Crippen molar-refractivity contribution in [3.8, 4) is 0 Å². The summed E-state index contributed by atoms with van der Waals surface area (Å²) < 4.78 is 5.49. The Balaban J connectivity index is 0.000000980. The second-order valence-electron chi connectivity index (χ2n) is 3.59. The highest BCUT2D eigenvalue weighted by atomic mass is 35.5. The van der Waals surface area contributed by atoms with Crippen molar-refractivity contribution in [2.75, 3.05) is 6.61 Å². The molecule has 0 saturated carbocycles. The van der Waals surface area contributed by atoms with E-state index in [0.717, 1.165) is 19.6 Å². The monoisotopic (exact) mass is 213 g/mol. The largest absolute Gasteiger partial charge is 0.377 e. The molecule has 0 bridgehead atoms. The molecule has 0 saturated heterocycles. The molecule has 1 aliphatic heterocycles. The van der Waals surface area contributed by atoms with E-state index in [1.54, 1.807) is 0 Å². The third-order valence-electron chi connectivity index (χ3n) is 2.67. The van der Waals surface area contributed by atoms with Crippen LogP contribution in [0.25, 0.3) is 0 Å². The average Bonchev–Trinajstić information content (AvgIpc) is 2.30. The van der Waals surface area contributed by atoms with Gasteiger partial charge in [0.2, 0.25) is 0 Å². The van der Waals surface area contributed by atoms with Gasteiger partial charge in [-0.3, -0.25) is 0 Å². The molecule has 2 nitrogen and oxygen atoms in total. The van der Waals surface area contributed by atoms with Crippen molar-refractivity contribution in [1.82, 2.24) is 0 Å². The molecule has 1 aromatic rings. The lowest BCUT2D eigenvalue weighted by Gasteiger charge is -2.12. The Bertz CT molecular complexity index is 314. The van der Waals surface area contributed by atoms with E-state index in [-0.39, 0.29) is 18.4 Å². The maximum atomic E-state index is 6.04. The van der Waals surface area contributed by atoms with Gasteiger partial charge in [-0.05, 0) is 30.0 Å². The van der Waals surface area contributed by atoms with Gasteiger partial charge in [0.1, 0.15) is 0 Å². The highest BCUT2D eigenvalue weighted by Gasteiger charge is 2.15. The quantitative estimate of drug-likeness (QED) is 0.718. The number of rotatable bonds is 0. The van der Waals surface area contributed by atoms with Crippen molar-refractivity contribution in [2.45, 2.75) is 26.0 Å². The predicted octanol–water partition coefficient (Wildman–Crippen LogP) is 2.34. The minimum absolute atomic E-state index is 0. The molecule has 0 amide bonds. The van der Waals surface area contributed by atoms with Gasteiger partial charge in [0.05, 0.1) is 6.61 Å². The van der Waals surface area contributed by atoms with E-state index in [1.807, 2.05) is 0 Å². The van der Waals surface area contributed by atoms with Crippen LogP contribution >= 0.6 is 12.4 Å². The fourth-order valence-corrected chi connectivity index (χ4v) is 1.81. The molecule has 0 radical (unpaired) electrons. The van der Waals surface area contributed by atoms with Gasteiger partial charge in [0, 0.05) is 12.6 Å². The van der Waals surface area contributed by atoms with E-state index in [2.05, 4.69) is 25.1 Å². The summed E-state index contributed by atoms with van der Waals surface area (Å²) in [5.41, 5.74) is 9.87. The predicted molar refractivity (Wildman–Crippen MR) is 59.6 cm³/mol. The van der Waals surface area contributed by atoms with Gasteiger partial charge in [-0.25, -0.2) is 0 Å². The van der Waals surface area contributed by atoms with Gasteiger partial charge in [0.25, 0.3) is 0 Å². The summed E-state index contributed by atoms with van der Waals surface area (Å²) in [6, 6.07) is 6.44. The Morgan fingerprint density at radius 3 is 3.00 bits per heavy atom. The number of hydrogen-bond acceptors (Lipinski definition) is 2. The van der Waals surface area contributed by atoms with Crippen molar-refractivity contribution in [3.05, 3.63) is 34.9 Å². The van der Waals surface area contributed by atoms with Gasteiger partial charge in [-0.2, -0.15) is 0 Å². The van der Waals surface area contributed by atoms with Crippen molar-refractivity contribution in [3.63, 3.8) is 0 Å². The molecule has 0 fully saturated rings. The number of fused-ring (bicyclic) bond motifs is 1. The van der Waals surface area contributed by atoms with Crippen LogP contribution in [-0.2, 0) is 11.3 Å². The zero-order valence-corrected chi connectivity index (χ0v) is 9.14. The number of benzene rings is 1. The summed E-state index contributed by atoms with van der Waals surface area (Å²) in [4.78, 5) is 0. The van der Waals surface area contributed by atoms with Crippen LogP contribution in [0.1, 0.15) is 29.2 Å². The van der Waals surface area contributed by atoms with Crippen molar-refractivity contribution in [2.24, 2.45) is 5.73 Å². The van der Waals surface area contributed by atoms with Crippen LogP contribution in [0.4, 0.5) is 0 Å². The molecule has 1 aliphatic rings. The second-order valence-corrected chi connectivity index (χ2v) is 3.59. The first kappa shape index (κ1) is 11.5. The lowest BCUT2D eigenvalue weighted by Crippen LogP contribution is -2.11. The molecule has 0 spiro atoms. The Labute approximate surface area is 90.9 Å². The zero-order valence-electron chi connectivity index (χ0n) is 8.32. The van der Waals surface area contributed by atoms with E-state index < -0.39 is 0 Å². The minimum Gasteiger partial charge on any atom is -0.377 e. The third kappa shape index (κ3) is 2.08. The Morgan fingerprint density at radius 2 is 2.21 bits per heavy atom. The number of aryl methyl sites for hydroxylation is 1. The summed E-state index contributed by atoms with van der Waals surface area (Å²) in [6.07, 6.45) is 0.927. The average molecular weight is 214 g/mol. The maximum Gasteiger partial charge on any atom is 0.0722 e. The molecule has 1 atom stereocenters. The summed E-state index contributed by atoms with van der Waals surface area (Å²) in [6.45, 7) is 3.60. The number of hydrogen-bond donors (Lipinski definition) is 1. The Morgan fingerprint density at radius 1 is 1.43 bits per heavy atom. The normalized spacial score (nSPS) is 20.6. The highest BCUT2D eigenvalue weighted by molar-refractivity contribution is 5.85. The molecule has 1 aromatic carbocycles. The van der Waals surface area contributed by atoms with Crippen LogP contribution in [-0.4, -0.2) is 6.61 Å². The fourth-order valence-electron chi connectivity index (χ4n) is 1.81. The highest BCUT2D eigenvalue weighted by Crippen LogP contribution is 2.25. The molecule has 0 aromatic heterocycles. The molecule has 14 heavy (non-hydrogen) atoms. The number of halogens is 1. The van der Waals surface area contributed by atoms with Gasteiger partial charge in [0.15, 0.2) is 0 Å². The van der Waals surface area contributed by atoms with Crippen LogP contribution in [0, 0.1) is 6.92 Å². The van der Waals surface area contributed by atoms with Crippen LogP contribution in [0.15, 0.2) is 18.2 Å². The van der Waals surface area contributed by atoms with E-state index >= 15 is 0 Å². The SMILES string of the molecule is Cc1cccc2c1COCCC2N.Cl. The van der Waals surface area contributed by atoms with Gasteiger partial charge >= 0.3 is 0 Å². The summed E-state index contributed by atoms with van der Waals surface area (Å²) in [5, 5.41) is 0. The smallest absolute Gasteiger partial charge is 0.0722 e. The lowest BCUT2D eigenvalue weighted by molar-refractivity contribution is 0.121. The molecular formula is C11H16ClNO. The van der Waals surface area contributed by atoms with Crippen LogP contribution in [0.2, 0.25) is 0 Å². The molecule has 2 rings (SSSR count). The molecular weight excluding hydrogens is 198 g/mol. The molecule has 2 N–H and O–H groups in total. The van der Waals surface area contributed by atoms with E-state index in [9.17, 15) is 0 Å². The molecule has 0 aliphatic carbocycles. The standard InChI is InChI=1S/C11H15NO.ClH/c1-8-3-2-4-9-10(8)7-13-6-5-11(9)12;/h2-4,11H,5-7,12H2,1H3;1H. The summed E-state index contributed by atoms with van der Waals surface area (Å²) >= 11 is 0. The van der Waals surface area contributed by atoms with Crippen LogP contribution < -0.4 is 5.73 Å². The first-order valence-electron chi connectivity index (χ1n) is 4.71.